The van der Waals surface area contributed by atoms with Crippen LogP contribution in [-0.4, -0.2) is 38.3 Å². The highest BCUT2D eigenvalue weighted by Crippen LogP contribution is 2.25. The Bertz CT molecular complexity index is 517. The molecule has 1 fully saturated rings. The van der Waals surface area contributed by atoms with E-state index in [2.05, 4.69) is 15.2 Å². The number of methoxy groups -OCH3 is 1. The van der Waals surface area contributed by atoms with Crippen molar-refractivity contribution in [3.05, 3.63) is 18.2 Å². The van der Waals surface area contributed by atoms with E-state index in [0.717, 1.165) is 43.0 Å². The molecule has 0 saturated carbocycles. The largest absolute Gasteiger partial charge is 0.497 e. The van der Waals surface area contributed by atoms with Gasteiger partial charge in [-0.2, -0.15) is 4.98 Å². The van der Waals surface area contributed by atoms with Crippen LogP contribution in [0.3, 0.4) is 0 Å². The lowest BCUT2D eigenvalue weighted by molar-refractivity contribution is 0.414. The van der Waals surface area contributed by atoms with Crippen molar-refractivity contribution in [2.24, 2.45) is 0 Å². The van der Waals surface area contributed by atoms with Crippen LogP contribution in [0, 0.1) is 0 Å². The maximum atomic E-state index is 5.76. The number of aromatic nitrogens is 1. The van der Waals surface area contributed by atoms with Gasteiger partial charge in [0.05, 0.1) is 7.11 Å². The quantitative estimate of drug-likeness (QED) is 0.846. The number of hydrogen-bond donors (Lipinski definition) is 1. The normalized spacial score (nSPS) is 16.4. The van der Waals surface area contributed by atoms with E-state index in [1.165, 1.54) is 0 Å². The van der Waals surface area contributed by atoms with Gasteiger partial charge in [-0.25, -0.2) is 0 Å². The molecule has 0 aliphatic carbocycles. The molecule has 1 aliphatic heterocycles. The molecule has 5 heteroatoms. The third kappa shape index (κ3) is 1.93. The van der Waals surface area contributed by atoms with Crippen LogP contribution in [0.1, 0.15) is 0 Å². The number of hydrogen-bond acceptors (Lipinski definition) is 5. The van der Waals surface area contributed by atoms with Crippen LogP contribution < -0.4 is 15.0 Å². The summed E-state index contributed by atoms with van der Waals surface area (Å²) in [5, 5.41) is 3.31. The first-order valence-corrected chi connectivity index (χ1v) is 5.77. The van der Waals surface area contributed by atoms with Gasteiger partial charge in [0.15, 0.2) is 5.58 Å². The van der Waals surface area contributed by atoms with Crippen LogP contribution in [0.5, 0.6) is 5.75 Å². The second-order valence-electron chi connectivity index (χ2n) is 4.07. The molecule has 90 valence electrons. The van der Waals surface area contributed by atoms with Gasteiger partial charge in [-0.3, -0.25) is 0 Å². The van der Waals surface area contributed by atoms with Crippen molar-refractivity contribution >= 4 is 17.1 Å². The van der Waals surface area contributed by atoms with Gasteiger partial charge in [0, 0.05) is 32.2 Å². The molecule has 17 heavy (non-hydrogen) atoms. The van der Waals surface area contributed by atoms with Crippen LogP contribution in [0.4, 0.5) is 6.01 Å². The summed E-state index contributed by atoms with van der Waals surface area (Å²) >= 11 is 0. The molecule has 1 N–H and O–H groups in total. The molecule has 1 aromatic carbocycles. The third-order valence-corrected chi connectivity index (χ3v) is 2.97. The number of nitrogens with one attached hydrogen (secondary N) is 1. The Hall–Kier alpha value is -1.75. The second-order valence-corrected chi connectivity index (χ2v) is 4.07. The summed E-state index contributed by atoms with van der Waals surface area (Å²) in [6.07, 6.45) is 0. The molecule has 3 rings (SSSR count). The first-order chi connectivity index (χ1) is 8.36. The lowest BCUT2D eigenvalue weighted by Crippen LogP contribution is -2.43. The number of nitrogens with zero attached hydrogens (tertiary/aromatic N) is 2. The molecular weight excluding hydrogens is 218 g/mol. The van der Waals surface area contributed by atoms with E-state index in [9.17, 15) is 0 Å². The van der Waals surface area contributed by atoms with E-state index in [4.69, 9.17) is 9.15 Å². The Balaban J connectivity index is 1.95. The minimum atomic E-state index is 0.703. The van der Waals surface area contributed by atoms with Gasteiger partial charge in [-0.15, -0.1) is 0 Å². The summed E-state index contributed by atoms with van der Waals surface area (Å²) in [5.74, 6) is 0.792. The van der Waals surface area contributed by atoms with Crippen LogP contribution in [0.2, 0.25) is 0 Å². The molecule has 1 aliphatic rings. The molecule has 0 unspecified atom stereocenters. The number of piperazine rings is 1. The molecule has 0 bridgehead atoms. The molecule has 1 saturated heterocycles. The molecule has 1 aromatic heterocycles. The number of fused-ring (bicyclic) bond motifs is 1. The second kappa shape index (κ2) is 4.25. The maximum Gasteiger partial charge on any atom is 0.298 e. The van der Waals surface area contributed by atoms with Crippen molar-refractivity contribution in [1.82, 2.24) is 10.3 Å². The van der Waals surface area contributed by atoms with Gasteiger partial charge in [-0.1, -0.05) is 0 Å². The van der Waals surface area contributed by atoms with Crippen LogP contribution in [0.25, 0.3) is 11.1 Å². The van der Waals surface area contributed by atoms with Gasteiger partial charge in [-0.05, 0) is 12.1 Å². The number of ether oxygens (including phenoxy) is 1. The Labute approximate surface area is 99.4 Å². The Morgan fingerprint density at radius 3 is 2.94 bits per heavy atom. The summed E-state index contributed by atoms with van der Waals surface area (Å²) in [6, 6.07) is 6.39. The van der Waals surface area contributed by atoms with Crippen molar-refractivity contribution in [3.8, 4) is 5.75 Å². The third-order valence-electron chi connectivity index (χ3n) is 2.97. The average Bonchev–Trinajstić information content (AvgIpc) is 2.82. The minimum absolute atomic E-state index is 0.703. The first kappa shape index (κ1) is 10.4. The van der Waals surface area contributed by atoms with Crippen molar-refractivity contribution in [1.29, 1.82) is 0 Å². The van der Waals surface area contributed by atoms with Crippen molar-refractivity contribution < 1.29 is 9.15 Å². The van der Waals surface area contributed by atoms with Crippen LogP contribution >= 0.6 is 0 Å². The van der Waals surface area contributed by atoms with E-state index in [1.807, 2.05) is 18.2 Å². The number of oxazole rings is 1. The number of anilines is 1. The summed E-state index contributed by atoms with van der Waals surface area (Å²) in [5.41, 5.74) is 1.65. The summed E-state index contributed by atoms with van der Waals surface area (Å²) in [4.78, 5) is 6.64. The summed E-state index contributed by atoms with van der Waals surface area (Å²) < 4.78 is 10.9. The average molecular weight is 233 g/mol. The van der Waals surface area contributed by atoms with E-state index >= 15 is 0 Å². The Morgan fingerprint density at radius 1 is 1.35 bits per heavy atom. The lowest BCUT2D eigenvalue weighted by atomic mass is 10.3. The minimum Gasteiger partial charge on any atom is -0.497 e. The highest BCUT2D eigenvalue weighted by Gasteiger charge is 2.16. The van der Waals surface area contributed by atoms with Crippen LogP contribution in [-0.2, 0) is 0 Å². The standard InChI is InChI=1S/C12H15N3O2/c1-16-9-2-3-10-11(8-9)17-12(14-10)15-6-4-13-5-7-15/h2-3,8,13H,4-7H2,1H3. The van der Waals surface area contributed by atoms with Gasteiger partial charge >= 0.3 is 0 Å². The van der Waals surface area contributed by atoms with Crippen molar-refractivity contribution in [2.75, 3.05) is 38.2 Å². The summed E-state index contributed by atoms with van der Waals surface area (Å²) in [7, 11) is 1.65. The Morgan fingerprint density at radius 2 is 2.18 bits per heavy atom. The zero-order valence-electron chi connectivity index (χ0n) is 9.77. The summed E-state index contributed by atoms with van der Waals surface area (Å²) in [6.45, 7) is 3.82. The number of rotatable bonds is 2. The lowest BCUT2D eigenvalue weighted by Gasteiger charge is -2.25. The molecule has 0 atom stereocenters. The topological polar surface area (TPSA) is 50.5 Å². The molecule has 2 heterocycles. The molecule has 0 amide bonds. The van der Waals surface area contributed by atoms with E-state index < -0.39 is 0 Å². The van der Waals surface area contributed by atoms with Crippen molar-refractivity contribution in [3.63, 3.8) is 0 Å². The number of benzene rings is 1. The van der Waals surface area contributed by atoms with Gasteiger partial charge in [0.25, 0.3) is 6.01 Å². The van der Waals surface area contributed by atoms with Gasteiger partial charge in [0.1, 0.15) is 11.3 Å². The Kier molecular flexibility index (Phi) is 2.60. The fourth-order valence-corrected chi connectivity index (χ4v) is 2.01. The fraction of sp³-hybridized carbons (Fsp3) is 0.417. The zero-order valence-corrected chi connectivity index (χ0v) is 9.77. The predicted molar refractivity (Wildman–Crippen MR) is 65.6 cm³/mol. The van der Waals surface area contributed by atoms with E-state index in [-0.39, 0.29) is 0 Å². The van der Waals surface area contributed by atoms with E-state index in [0.29, 0.717) is 6.01 Å². The smallest absolute Gasteiger partial charge is 0.298 e. The highest BCUT2D eigenvalue weighted by molar-refractivity contribution is 5.76. The molecular formula is C12H15N3O2. The SMILES string of the molecule is COc1ccc2nc(N3CCNCC3)oc2c1. The molecule has 0 spiro atoms. The van der Waals surface area contributed by atoms with Gasteiger partial charge in [0.2, 0.25) is 0 Å². The highest BCUT2D eigenvalue weighted by atomic mass is 16.5. The van der Waals surface area contributed by atoms with E-state index in [1.54, 1.807) is 7.11 Å². The predicted octanol–water partition coefficient (Wildman–Crippen LogP) is 1.25. The van der Waals surface area contributed by atoms with Crippen molar-refractivity contribution in [2.45, 2.75) is 0 Å². The zero-order chi connectivity index (χ0) is 11.7. The van der Waals surface area contributed by atoms with Gasteiger partial charge < -0.3 is 19.4 Å². The van der Waals surface area contributed by atoms with Crippen LogP contribution in [0.15, 0.2) is 22.6 Å². The monoisotopic (exact) mass is 233 g/mol. The molecule has 0 radical (unpaired) electrons. The first-order valence-electron chi connectivity index (χ1n) is 5.77. The maximum absolute atomic E-state index is 5.76. The molecule has 5 nitrogen and oxygen atoms in total. The fourth-order valence-electron chi connectivity index (χ4n) is 2.01. The molecule has 2 aromatic rings.